The van der Waals surface area contributed by atoms with Crippen molar-refractivity contribution in [2.75, 3.05) is 6.61 Å². The molecule has 1 N–H and O–H groups in total. The van der Waals surface area contributed by atoms with Gasteiger partial charge in [-0.2, -0.15) is 5.10 Å². The highest BCUT2D eigenvalue weighted by Crippen LogP contribution is 2.36. The third-order valence-electron chi connectivity index (χ3n) is 4.29. The van der Waals surface area contributed by atoms with E-state index in [1.165, 1.54) is 17.1 Å². The molecule has 0 bridgehead atoms. The molecule has 0 radical (unpaired) electrons. The standard InChI is InChI=1S/C17H23F2N3O2S/c1-16(2,3)17(23,10-22-15(25)20-11-21-22)7-4-8-24-14-6-5-12(18)9-13(14)19/h5-6,9,11,23H,4,7-8,10H2,1-3H3,(H,20,21,25). The van der Waals surface area contributed by atoms with E-state index in [0.29, 0.717) is 18.0 Å². The van der Waals surface area contributed by atoms with Crippen molar-refractivity contribution < 1.29 is 18.6 Å². The van der Waals surface area contributed by atoms with Crippen LogP contribution in [-0.4, -0.2) is 32.1 Å². The number of hydrogen-bond donors (Lipinski definition) is 2. The van der Waals surface area contributed by atoms with Gasteiger partial charge in [-0.15, -0.1) is 12.6 Å². The van der Waals surface area contributed by atoms with E-state index in [0.717, 1.165) is 12.1 Å². The zero-order valence-corrected chi connectivity index (χ0v) is 15.4. The number of rotatable bonds is 7. The van der Waals surface area contributed by atoms with E-state index in [1.807, 2.05) is 20.8 Å². The van der Waals surface area contributed by atoms with Crippen LogP contribution in [0.3, 0.4) is 0 Å². The van der Waals surface area contributed by atoms with Gasteiger partial charge < -0.3 is 9.84 Å². The van der Waals surface area contributed by atoms with Gasteiger partial charge in [-0.3, -0.25) is 0 Å². The van der Waals surface area contributed by atoms with Gasteiger partial charge in [0.1, 0.15) is 12.1 Å². The Hall–Kier alpha value is -1.67. The zero-order chi connectivity index (χ0) is 18.7. The van der Waals surface area contributed by atoms with E-state index >= 15 is 0 Å². The molecule has 2 rings (SSSR count). The Morgan fingerprint density at radius 1 is 1.28 bits per heavy atom. The average molecular weight is 371 g/mol. The summed E-state index contributed by atoms with van der Waals surface area (Å²) in [5, 5.41) is 15.6. The monoisotopic (exact) mass is 371 g/mol. The van der Waals surface area contributed by atoms with Crippen molar-refractivity contribution in [3.8, 4) is 5.75 Å². The molecule has 0 spiro atoms. The highest BCUT2D eigenvalue weighted by atomic mass is 32.1. The second-order valence-electron chi connectivity index (χ2n) is 7.03. The number of thiol groups is 1. The molecule has 1 aromatic carbocycles. The largest absolute Gasteiger partial charge is 0.491 e. The first-order chi connectivity index (χ1) is 11.6. The van der Waals surface area contributed by atoms with Crippen LogP contribution in [0.5, 0.6) is 5.75 Å². The maximum absolute atomic E-state index is 13.6. The fourth-order valence-electron chi connectivity index (χ4n) is 2.45. The van der Waals surface area contributed by atoms with E-state index in [1.54, 1.807) is 0 Å². The van der Waals surface area contributed by atoms with Gasteiger partial charge in [-0.25, -0.2) is 18.4 Å². The van der Waals surface area contributed by atoms with Crippen LogP contribution in [0.15, 0.2) is 29.7 Å². The van der Waals surface area contributed by atoms with E-state index < -0.39 is 22.7 Å². The quantitative estimate of drug-likeness (QED) is 0.578. The molecule has 1 aromatic heterocycles. The van der Waals surface area contributed by atoms with E-state index in [2.05, 4.69) is 22.7 Å². The van der Waals surface area contributed by atoms with Crippen LogP contribution >= 0.6 is 12.6 Å². The Kier molecular flexibility index (Phi) is 6.05. The molecular formula is C17H23F2N3O2S. The first kappa shape index (κ1) is 19.7. The number of ether oxygens (including phenoxy) is 1. The molecule has 8 heteroatoms. The number of nitrogens with zero attached hydrogens (tertiary/aromatic N) is 3. The maximum Gasteiger partial charge on any atom is 0.183 e. The highest BCUT2D eigenvalue weighted by molar-refractivity contribution is 7.80. The van der Waals surface area contributed by atoms with E-state index in [9.17, 15) is 13.9 Å². The molecule has 2 aromatic rings. The van der Waals surface area contributed by atoms with Crippen molar-refractivity contribution in [1.82, 2.24) is 14.8 Å². The van der Waals surface area contributed by atoms with Crippen LogP contribution in [0.2, 0.25) is 0 Å². The number of benzene rings is 1. The molecule has 138 valence electrons. The minimum Gasteiger partial charge on any atom is -0.491 e. The third-order valence-corrected chi connectivity index (χ3v) is 4.64. The highest BCUT2D eigenvalue weighted by Gasteiger charge is 2.40. The lowest BCUT2D eigenvalue weighted by Crippen LogP contribution is -2.47. The Morgan fingerprint density at radius 3 is 2.56 bits per heavy atom. The molecule has 0 amide bonds. The summed E-state index contributed by atoms with van der Waals surface area (Å²) in [7, 11) is 0. The maximum atomic E-state index is 13.6. The van der Waals surface area contributed by atoms with Crippen molar-refractivity contribution in [3.05, 3.63) is 36.2 Å². The molecule has 0 saturated carbocycles. The summed E-state index contributed by atoms with van der Waals surface area (Å²) >= 11 is 4.21. The smallest absolute Gasteiger partial charge is 0.183 e. The van der Waals surface area contributed by atoms with Gasteiger partial charge in [-0.1, -0.05) is 20.8 Å². The van der Waals surface area contributed by atoms with Gasteiger partial charge >= 0.3 is 0 Å². The van der Waals surface area contributed by atoms with Gasteiger partial charge in [0.05, 0.1) is 18.8 Å². The normalized spacial score (nSPS) is 14.4. The molecule has 0 fully saturated rings. The van der Waals surface area contributed by atoms with Crippen molar-refractivity contribution in [3.63, 3.8) is 0 Å². The van der Waals surface area contributed by atoms with Gasteiger partial charge in [-0.05, 0) is 30.4 Å². The second-order valence-corrected chi connectivity index (χ2v) is 7.43. The van der Waals surface area contributed by atoms with Crippen LogP contribution in [-0.2, 0) is 6.54 Å². The fraction of sp³-hybridized carbons (Fsp3) is 0.529. The van der Waals surface area contributed by atoms with E-state index in [4.69, 9.17) is 4.74 Å². The van der Waals surface area contributed by atoms with Crippen LogP contribution in [0, 0.1) is 17.0 Å². The summed E-state index contributed by atoms with van der Waals surface area (Å²) in [5.74, 6) is -1.40. The summed E-state index contributed by atoms with van der Waals surface area (Å²) in [5.41, 5.74) is -1.51. The molecule has 1 unspecified atom stereocenters. The second kappa shape index (κ2) is 7.70. The Bertz CT molecular complexity index is 718. The number of aromatic nitrogens is 3. The average Bonchev–Trinajstić information content (AvgIpc) is 2.89. The predicted octanol–water partition coefficient (Wildman–Crippen LogP) is 3.48. The molecule has 25 heavy (non-hydrogen) atoms. The van der Waals surface area contributed by atoms with Crippen molar-refractivity contribution >= 4 is 12.6 Å². The first-order valence-corrected chi connectivity index (χ1v) is 8.44. The Morgan fingerprint density at radius 2 is 2.00 bits per heavy atom. The molecular weight excluding hydrogens is 348 g/mol. The van der Waals surface area contributed by atoms with Crippen LogP contribution < -0.4 is 4.74 Å². The number of halogens is 2. The molecule has 1 atom stereocenters. The molecule has 0 aliphatic carbocycles. The predicted molar refractivity (Wildman–Crippen MR) is 92.8 cm³/mol. The number of aliphatic hydroxyl groups is 1. The summed E-state index contributed by atoms with van der Waals surface area (Å²) < 4.78 is 33.3. The molecule has 1 heterocycles. The molecule has 0 aliphatic heterocycles. The minimum atomic E-state index is -1.08. The van der Waals surface area contributed by atoms with Gasteiger partial charge in [0, 0.05) is 6.07 Å². The Balaban J connectivity index is 1.97. The molecule has 0 aliphatic rings. The van der Waals surface area contributed by atoms with Crippen LogP contribution in [0.4, 0.5) is 8.78 Å². The topological polar surface area (TPSA) is 60.2 Å². The summed E-state index contributed by atoms with van der Waals surface area (Å²) in [6.45, 7) is 6.24. The van der Waals surface area contributed by atoms with Crippen molar-refractivity contribution in [2.24, 2.45) is 5.41 Å². The van der Waals surface area contributed by atoms with Crippen molar-refractivity contribution in [1.29, 1.82) is 0 Å². The third kappa shape index (κ3) is 4.92. The van der Waals surface area contributed by atoms with Gasteiger partial charge in [0.2, 0.25) is 0 Å². The summed E-state index contributed by atoms with van der Waals surface area (Å²) in [4.78, 5) is 3.94. The van der Waals surface area contributed by atoms with Crippen LogP contribution in [0.1, 0.15) is 33.6 Å². The molecule has 0 saturated heterocycles. The van der Waals surface area contributed by atoms with Gasteiger partial charge in [0.15, 0.2) is 16.7 Å². The number of hydrogen-bond acceptors (Lipinski definition) is 5. The lowest BCUT2D eigenvalue weighted by atomic mass is 9.73. The molecule has 5 nitrogen and oxygen atoms in total. The zero-order valence-electron chi connectivity index (χ0n) is 14.5. The Labute approximate surface area is 151 Å². The van der Waals surface area contributed by atoms with Crippen LogP contribution in [0.25, 0.3) is 0 Å². The fourth-order valence-corrected chi connectivity index (χ4v) is 2.62. The lowest BCUT2D eigenvalue weighted by Gasteiger charge is -2.40. The summed E-state index contributed by atoms with van der Waals surface area (Å²) in [6, 6.07) is 3.17. The van der Waals surface area contributed by atoms with Crippen molar-refractivity contribution in [2.45, 2.75) is 50.9 Å². The minimum absolute atomic E-state index is 0.00498. The SMILES string of the molecule is CC(C)(C)C(O)(CCCOc1ccc(F)cc1F)Cn1ncnc1S. The van der Waals surface area contributed by atoms with E-state index in [-0.39, 0.29) is 18.9 Å². The lowest BCUT2D eigenvalue weighted by molar-refractivity contribution is -0.0842. The van der Waals surface area contributed by atoms with Gasteiger partial charge in [0.25, 0.3) is 0 Å². The first-order valence-electron chi connectivity index (χ1n) is 7.99. The summed E-state index contributed by atoms with van der Waals surface area (Å²) in [6.07, 6.45) is 2.28.